The van der Waals surface area contributed by atoms with Gasteiger partial charge in [0.1, 0.15) is 11.6 Å². The van der Waals surface area contributed by atoms with Crippen molar-refractivity contribution >= 4 is 38.8 Å². The Morgan fingerprint density at radius 2 is 1.80 bits per heavy atom. The largest absolute Gasteiger partial charge is 0.319 e. The molecule has 0 heterocycles. The van der Waals surface area contributed by atoms with Crippen molar-refractivity contribution in [3.8, 4) is 0 Å². The van der Waals surface area contributed by atoms with E-state index in [9.17, 15) is 26.8 Å². The number of allylic oxidation sites excluding steroid dienone is 1. The van der Waals surface area contributed by atoms with Crippen LogP contribution < -0.4 is 5.32 Å². The molecule has 0 unspecified atom stereocenters. The van der Waals surface area contributed by atoms with E-state index in [2.05, 4.69) is 5.32 Å². The minimum Gasteiger partial charge on any atom is -0.319 e. The van der Waals surface area contributed by atoms with Crippen molar-refractivity contribution in [1.29, 1.82) is 0 Å². The number of rotatable bonds is 8. The molecule has 0 saturated heterocycles. The SMILES string of the molecule is C[C@H](/C=C/S(C)(=O)=O)CCC(=O)c1cc(F)c(NC(=O)c2ccccc2Cl)cc1F. The van der Waals surface area contributed by atoms with Crippen LogP contribution in [0.5, 0.6) is 0 Å². The second-order valence-corrected chi connectivity index (χ2v) is 9.18. The summed E-state index contributed by atoms with van der Waals surface area (Å²) < 4.78 is 51.0. The van der Waals surface area contributed by atoms with Gasteiger partial charge in [-0.3, -0.25) is 9.59 Å². The van der Waals surface area contributed by atoms with Gasteiger partial charge in [0, 0.05) is 24.2 Å². The van der Waals surface area contributed by atoms with Gasteiger partial charge in [0.2, 0.25) is 0 Å². The van der Waals surface area contributed by atoms with E-state index in [4.69, 9.17) is 11.6 Å². The van der Waals surface area contributed by atoms with Gasteiger partial charge in [0.15, 0.2) is 15.6 Å². The van der Waals surface area contributed by atoms with Crippen LogP contribution in [0.2, 0.25) is 5.02 Å². The number of sulfone groups is 1. The number of anilines is 1. The molecule has 9 heteroatoms. The molecule has 0 radical (unpaired) electrons. The zero-order valence-electron chi connectivity index (χ0n) is 16.3. The number of Topliss-reactive ketones (excluding diaryl/α,β-unsaturated/α-hetero) is 1. The van der Waals surface area contributed by atoms with Gasteiger partial charge in [-0.25, -0.2) is 17.2 Å². The fourth-order valence-corrected chi connectivity index (χ4v) is 3.33. The Morgan fingerprint density at radius 3 is 2.43 bits per heavy atom. The van der Waals surface area contributed by atoms with Crippen LogP contribution in [0.3, 0.4) is 0 Å². The van der Waals surface area contributed by atoms with Crippen molar-refractivity contribution in [3.05, 3.63) is 75.7 Å². The van der Waals surface area contributed by atoms with Gasteiger partial charge in [-0.05, 0) is 30.5 Å². The number of hydrogen-bond donors (Lipinski definition) is 1. The Morgan fingerprint density at radius 1 is 1.13 bits per heavy atom. The maximum Gasteiger partial charge on any atom is 0.257 e. The van der Waals surface area contributed by atoms with Crippen LogP contribution in [0.15, 0.2) is 47.9 Å². The van der Waals surface area contributed by atoms with Gasteiger partial charge in [0.05, 0.1) is 21.8 Å². The van der Waals surface area contributed by atoms with Gasteiger partial charge in [-0.2, -0.15) is 0 Å². The molecule has 0 aliphatic carbocycles. The van der Waals surface area contributed by atoms with Crippen molar-refractivity contribution in [2.45, 2.75) is 19.8 Å². The maximum absolute atomic E-state index is 14.4. The second kappa shape index (κ2) is 9.95. The summed E-state index contributed by atoms with van der Waals surface area (Å²) in [6, 6.07) is 7.59. The number of nitrogens with one attached hydrogen (secondary N) is 1. The topological polar surface area (TPSA) is 80.3 Å². The maximum atomic E-state index is 14.4. The third-order valence-corrected chi connectivity index (χ3v) is 5.19. The van der Waals surface area contributed by atoms with Gasteiger partial charge < -0.3 is 5.32 Å². The third-order valence-electron chi connectivity index (χ3n) is 4.20. The number of ketones is 1. The summed E-state index contributed by atoms with van der Waals surface area (Å²) in [4.78, 5) is 24.5. The molecule has 2 aromatic rings. The van der Waals surface area contributed by atoms with Crippen molar-refractivity contribution in [2.24, 2.45) is 5.92 Å². The standard InChI is InChI=1S/C21H20ClF2NO4S/c1-13(9-10-30(2,28)29)7-8-20(26)15-11-18(24)19(12-17(15)23)25-21(27)14-5-3-4-6-16(14)22/h3-6,9-13H,7-8H2,1-2H3,(H,25,27)/b10-9+/t13-/m0/s1. The van der Waals surface area contributed by atoms with Crippen LogP contribution in [-0.4, -0.2) is 26.4 Å². The summed E-state index contributed by atoms with van der Waals surface area (Å²) in [5.74, 6) is -3.54. The fourth-order valence-electron chi connectivity index (χ4n) is 2.56. The molecule has 0 aliphatic rings. The van der Waals surface area contributed by atoms with Gasteiger partial charge in [0.25, 0.3) is 5.91 Å². The number of carbonyl (C=O) groups excluding carboxylic acids is 2. The third kappa shape index (κ3) is 6.74. The number of amides is 1. The van der Waals surface area contributed by atoms with Crippen molar-refractivity contribution < 1.29 is 26.8 Å². The molecule has 1 amide bonds. The van der Waals surface area contributed by atoms with Gasteiger partial charge >= 0.3 is 0 Å². The van der Waals surface area contributed by atoms with Gasteiger partial charge in [-0.15, -0.1) is 0 Å². The zero-order chi connectivity index (χ0) is 22.5. The van der Waals surface area contributed by atoms with E-state index in [1.807, 2.05) is 0 Å². The predicted octanol–water partition coefficient (Wildman–Crippen LogP) is 5.03. The smallest absolute Gasteiger partial charge is 0.257 e. The molecule has 0 aromatic heterocycles. The molecule has 1 N–H and O–H groups in total. The Labute approximate surface area is 178 Å². The van der Waals surface area contributed by atoms with E-state index in [1.54, 1.807) is 19.1 Å². The lowest BCUT2D eigenvalue weighted by Gasteiger charge is -2.11. The average Bonchev–Trinajstić information content (AvgIpc) is 2.66. The zero-order valence-corrected chi connectivity index (χ0v) is 17.9. The molecule has 160 valence electrons. The van der Waals surface area contributed by atoms with Crippen molar-refractivity contribution in [2.75, 3.05) is 11.6 Å². The van der Waals surface area contributed by atoms with E-state index in [1.165, 1.54) is 18.2 Å². The first-order valence-electron chi connectivity index (χ1n) is 8.94. The quantitative estimate of drug-likeness (QED) is 0.566. The summed E-state index contributed by atoms with van der Waals surface area (Å²) in [5, 5.41) is 3.43. The van der Waals surface area contributed by atoms with Crippen LogP contribution in [0.1, 0.15) is 40.5 Å². The normalized spacial score (nSPS) is 12.7. The second-order valence-electron chi connectivity index (χ2n) is 6.84. The minimum atomic E-state index is -3.28. The highest BCUT2D eigenvalue weighted by Gasteiger charge is 2.19. The van der Waals surface area contributed by atoms with Crippen molar-refractivity contribution in [3.63, 3.8) is 0 Å². The van der Waals surface area contributed by atoms with E-state index >= 15 is 0 Å². The molecule has 0 saturated carbocycles. The van der Waals surface area contributed by atoms with Crippen LogP contribution in [-0.2, 0) is 9.84 Å². The lowest BCUT2D eigenvalue weighted by Crippen LogP contribution is -2.15. The van der Waals surface area contributed by atoms with Crippen LogP contribution in [0, 0.1) is 17.6 Å². The first-order valence-corrected chi connectivity index (χ1v) is 11.3. The lowest BCUT2D eigenvalue weighted by atomic mass is 9.99. The molecule has 0 fully saturated rings. The van der Waals surface area contributed by atoms with E-state index in [0.717, 1.165) is 23.8 Å². The summed E-state index contributed by atoms with van der Waals surface area (Å²) >= 11 is 5.92. The van der Waals surface area contributed by atoms with Crippen LogP contribution in [0.4, 0.5) is 14.5 Å². The predicted molar refractivity (Wildman–Crippen MR) is 112 cm³/mol. The molecule has 0 aliphatic heterocycles. The molecule has 0 bridgehead atoms. The summed E-state index contributed by atoms with van der Waals surface area (Å²) in [7, 11) is -3.28. The molecule has 30 heavy (non-hydrogen) atoms. The molecule has 2 aromatic carbocycles. The van der Waals surface area contributed by atoms with E-state index in [0.29, 0.717) is 0 Å². The Bertz CT molecular complexity index is 1100. The van der Waals surface area contributed by atoms with Crippen LogP contribution >= 0.6 is 11.6 Å². The van der Waals surface area contributed by atoms with Gasteiger partial charge in [-0.1, -0.05) is 36.7 Å². The fraction of sp³-hybridized carbons (Fsp3) is 0.238. The molecule has 1 atom stereocenters. The number of benzene rings is 2. The monoisotopic (exact) mass is 455 g/mol. The Balaban J connectivity index is 2.10. The van der Waals surface area contributed by atoms with Crippen LogP contribution in [0.25, 0.3) is 0 Å². The highest BCUT2D eigenvalue weighted by molar-refractivity contribution is 7.93. The highest BCUT2D eigenvalue weighted by Crippen LogP contribution is 2.24. The molecule has 2 rings (SSSR count). The molecular weight excluding hydrogens is 436 g/mol. The summed E-state index contributed by atoms with van der Waals surface area (Å²) in [6.45, 7) is 1.71. The summed E-state index contributed by atoms with van der Waals surface area (Å²) in [6.07, 6.45) is 2.65. The first-order chi connectivity index (χ1) is 14.0. The lowest BCUT2D eigenvalue weighted by molar-refractivity contribution is 0.0971. The summed E-state index contributed by atoms with van der Waals surface area (Å²) in [5.41, 5.74) is -0.767. The minimum absolute atomic E-state index is 0.0928. The van der Waals surface area contributed by atoms with E-state index < -0.39 is 44.4 Å². The number of hydrogen-bond acceptors (Lipinski definition) is 4. The number of halogens is 3. The first kappa shape index (κ1) is 23.7. The Kier molecular flexibility index (Phi) is 7.86. The molecule has 5 nitrogen and oxygen atoms in total. The highest BCUT2D eigenvalue weighted by atomic mass is 35.5. The van der Waals surface area contributed by atoms with Crippen molar-refractivity contribution in [1.82, 2.24) is 0 Å². The Hall–Kier alpha value is -2.58. The molecular formula is C21H20ClF2NO4S. The van der Waals surface area contributed by atoms with E-state index in [-0.39, 0.29) is 29.3 Å². The average molecular weight is 456 g/mol. The number of carbonyl (C=O) groups is 2. The molecule has 0 spiro atoms.